The van der Waals surface area contributed by atoms with Crippen LogP contribution in [-0.2, 0) is 29.4 Å². The highest BCUT2D eigenvalue weighted by atomic mass is 32.2. The van der Waals surface area contributed by atoms with Crippen molar-refractivity contribution in [1.29, 1.82) is 0 Å². The van der Waals surface area contributed by atoms with Crippen LogP contribution in [0.4, 0.5) is 5.00 Å². The van der Waals surface area contributed by atoms with E-state index in [-0.39, 0.29) is 17.6 Å². The smallest absolute Gasteiger partial charge is 0.341 e. The maximum atomic E-state index is 12.6. The first-order valence-corrected chi connectivity index (χ1v) is 12.0. The van der Waals surface area contributed by atoms with E-state index in [1.807, 2.05) is 11.6 Å². The van der Waals surface area contributed by atoms with E-state index in [1.165, 1.54) is 40.8 Å². The molecule has 0 unspecified atom stereocenters. The monoisotopic (exact) mass is 434 g/mol. The van der Waals surface area contributed by atoms with Gasteiger partial charge in [-0.25, -0.2) is 4.79 Å². The minimum atomic E-state index is -0.343. The van der Waals surface area contributed by atoms with Crippen LogP contribution >= 0.6 is 23.1 Å². The molecule has 0 saturated heterocycles. The van der Waals surface area contributed by atoms with Crippen LogP contribution in [0.2, 0.25) is 0 Å². The van der Waals surface area contributed by atoms with Crippen LogP contribution in [0.25, 0.3) is 0 Å². The molecule has 2 aromatic rings. The molecule has 156 valence electrons. The number of fused-ring (bicyclic) bond motifs is 1. The fourth-order valence-corrected chi connectivity index (χ4v) is 6.21. The Morgan fingerprint density at radius 3 is 2.79 bits per heavy atom. The summed E-state index contributed by atoms with van der Waals surface area (Å²) in [5.41, 5.74) is 1.59. The molecule has 1 saturated carbocycles. The van der Waals surface area contributed by atoms with Gasteiger partial charge in [-0.15, -0.1) is 21.5 Å². The number of anilines is 1. The number of nitrogens with one attached hydrogen (secondary N) is 1. The second kappa shape index (κ2) is 8.87. The van der Waals surface area contributed by atoms with Crippen molar-refractivity contribution < 1.29 is 14.3 Å². The van der Waals surface area contributed by atoms with E-state index in [0.717, 1.165) is 48.6 Å². The topological polar surface area (TPSA) is 86.1 Å². The lowest BCUT2D eigenvalue weighted by Gasteiger charge is -2.09. The summed E-state index contributed by atoms with van der Waals surface area (Å²) in [6.07, 6.45) is 7.69. The van der Waals surface area contributed by atoms with Gasteiger partial charge in [0.15, 0.2) is 5.16 Å². The second-order valence-electron chi connectivity index (χ2n) is 7.50. The number of thioether (sulfide) groups is 1. The molecule has 1 amide bonds. The molecule has 2 aliphatic carbocycles. The predicted octanol–water partition coefficient (Wildman–Crippen LogP) is 3.93. The zero-order chi connectivity index (χ0) is 20.4. The van der Waals surface area contributed by atoms with Crippen molar-refractivity contribution in [3.63, 3.8) is 0 Å². The maximum absolute atomic E-state index is 12.6. The summed E-state index contributed by atoms with van der Waals surface area (Å²) in [7, 11) is 1.97. The molecule has 0 radical (unpaired) electrons. The van der Waals surface area contributed by atoms with E-state index < -0.39 is 0 Å². The lowest BCUT2D eigenvalue weighted by Crippen LogP contribution is -2.17. The summed E-state index contributed by atoms with van der Waals surface area (Å²) in [5.74, 6) is 1.23. The molecule has 2 aromatic heterocycles. The quantitative estimate of drug-likeness (QED) is 0.525. The van der Waals surface area contributed by atoms with Gasteiger partial charge in [0.1, 0.15) is 10.8 Å². The van der Waals surface area contributed by atoms with Crippen LogP contribution in [0.5, 0.6) is 0 Å². The third kappa shape index (κ3) is 4.21. The highest BCUT2D eigenvalue weighted by Gasteiger charge is 2.28. The molecule has 4 rings (SSSR count). The molecule has 7 nitrogen and oxygen atoms in total. The lowest BCUT2D eigenvalue weighted by atomic mass is 10.1. The summed E-state index contributed by atoms with van der Waals surface area (Å²) >= 11 is 2.88. The van der Waals surface area contributed by atoms with E-state index in [9.17, 15) is 9.59 Å². The molecule has 2 aliphatic rings. The van der Waals surface area contributed by atoms with Crippen molar-refractivity contribution in [2.75, 3.05) is 17.7 Å². The van der Waals surface area contributed by atoms with Crippen LogP contribution in [0.15, 0.2) is 5.16 Å². The molecular weight excluding hydrogens is 408 g/mol. The summed E-state index contributed by atoms with van der Waals surface area (Å²) in [6.45, 7) is 2.11. The summed E-state index contributed by atoms with van der Waals surface area (Å²) < 4.78 is 7.23. The number of ether oxygens (including phenoxy) is 1. The molecule has 0 atom stereocenters. The summed E-state index contributed by atoms with van der Waals surface area (Å²) in [5, 5.41) is 12.9. The van der Waals surface area contributed by atoms with Crippen LogP contribution in [0, 0.1) is 0 Å². The minimum absolute atomic E-state index is 0.147. The summed E-state index contributed by atoms with van der Waals surface area (Å²) in [6, 6.07) is 0. The first-order chi connectivity index (χ1) is 14.1. The van der Waals surface area contributed by atoms with E-state index >= 15 is 0 Å². The van der Waals surface area contributed by atoms with Crippen LogP contribution in [0.1, 0.15) is 71.6 Å². The number of amides is 1. The molecule has 29 heavy (non-hydrogen) atoms. The zero-order valence-corrected chi connectivity index (χ0v) is 18.5. The molecule has 9 heteroatoms. The van der Waals surface area contributed by atoms with Crippen molar-refractivity contribution in [2.45, 2.75) is 62.9 Å². The number of esters is 1. The van der Waals surface area contributed by atoms with Crippen molar-refractivity contribution in [2.24, 2.45) is 7.05 Å². The minimum Gasteiger partial charge on any atom is -0.462 e. The van der Waals surface area contributed by atoms with Gasteiger partial charge in [-0.2, -0.15) is 0 Å². The number of carbonyl (C=O) groups excluding carboxylic acids is 2. The molecule has 0 bridgehead atoms. The number of nitrogens with zero attached hydrogens (tertiary/aromatic N) is 3. The van der Waals surface area contributed by atoms with E-state index in [1.54, 1.807) is 6.92 Å². The first-order valence-electron chi connectivity index (χ1n) is 10.2. The third-order valence-electron chi connectivity index (χ3n) is 5.58. The van der Waals surface area contributed by atoms with Gasteiger partial charge in [0.25, 0.3) is 0 Å². The number of carbonyl (C=O) groups is 2. The first kappa shape index (κ1) is 20.4. The predicted molar refractivity (Wildman–Crippen MR) is 114 cm³/mol. The Morgan fingerprint density at radius 2 is 2.03 bits per heavy atom. The lowest BCUT2D eigenvalue weighted by molar-refractivity contribution is -0.113. The molecule has 0 aromatic carbocycles. The van der Waals surface area contributed by atoms with Gasteiger partial charge < -0.3 is 14.6 Å². The molecule has 1 N–H and O–H groups in total. The average molecular weight is 435 g/mol. The van der Waals surface area contributed by atoms with Crippen LogP contribution in [-0.4, -0.2) is 39.0 Å². The Morgan fingerprint density at radius 1 is 1.24 bits per heavy atom. The molecule has 0 spiro atoms. The van der Waals surface area contributed by atoms with Gasteiger partial charge in [0.2, 0.25) is 5.91 Å². The molecular formula is C20H26N4O3S2. The van der Waals surface area contributed by atoms with E-state index in [2.05, 4.69) is 15.5 Å². The third-order valence-corrected chi connectivity index (χ3v) is 7.80. The number of hydrogen-bond donors (Lipinski definition) is 1. The molecule has 0 aliphatic heterocycles. The number of rotatable bonds is 7. The fraction of sp³-hybridized carbons (Fsp3) is 0.600. The Balaban J connectivity index is 1.41. The van der Waals surface area contributed by atoms with E-state index in [4.69, 9.17) is 4.74 Å². The normalized spacial score (nSPS) is 16.2. The number of aromatic nitrogens is 3. The van der Waals surface area contributed by atoms with Gasteiger partial charge in [-0.3, -0.25) is 4.79 Å². The molecule has 1 fully saturated rings. The molecule has 2 heterocycles. The Hall–Kier alpha value is -1.87. The van der Waals surface area contributed by atoms with E-state index in [0.29, 0.717) is 23.1 Å². The largest absolute Gasteiger partial charge is 0.462 e. The average Bonchev–Trinajstić information content (AvgIpc) is 3.44. The van der Waals surface area contributed by atoms with Crippen LogP contribution in [0.3, 0.4) is 0 Å². The second-order valence-corrected chi connectivity index (χ2v) is 9.55. The fourth-order valence-electron chi connectivity index (χ4n) is 4.20. The van der Waals surface area contributed by atoms with Crippen molar-refractivity contribution in [1.82, 2.24) is 14.8 Å². The maximum Gasteiger partial charge on any atom is 0.341 e. The van der Waals surface area contributed by atoms with Crippen molar-refractivity contribution >= 4 is 40.0 Å². The Kier molecular flexibility index (Phi) is 6.24. The standard InChI is InChI=1S/C20H26N4O3S2/c1-3-27-19(26)16-13-9-6-10-14(13)29-18(16)21-15(25)11-28-20-23-22-17(24(20)2)12-7-4-5-8-12/h12H,3-11H2,1-2H3,(H,21,25). The van der Waals surface area contributed by atoms with Crippen molar-refractivity contribution in [3.8, 4) is 0 Å². The van der Waals surface area contributed by atoms with Crippen molar-refractivity contribution in [3.05, 3.63) is 21.8 Å². The SMILES string of the molecule is CCOC(=O)c1c(NC(=O)CSc2nnc(C3CCCC3)n2C)sc2c1CCC2. The highest BCUT2D eigenvalue weighted by Crippen LogP contribution is 2.39. The summed E-state index contributed by atoms with van der Waals surface area (Å²) in [4.78, 5) is 26.2. The van der Waals surface area contributed by atoms with Crippen LogP contribution < -0.4 is 5.32 Å². The number of aryl methyl sites for hydroxylation is 1. The highest BCUT2D eigenvalue weighted by molar-refractivity contribution is 7.99. The number of hydrogen-bond acceptors (Lipinski definition) is 7. The Labute approximate surface area is 178 Å². The zero-order valence-electron chi connectivity index (χ0n) is 16.8. The van der Waals surface area contributed by atoms with Gasteiger partial charge in [-0.05, 0) is 44.6 Å². The number of thiophene rings is 1. The Bertz CT molecular complexity index is 915. The van der Waals surface area contributed by atoms with Gasteiger partial charge in [-0.1, -0.05) is 24.6 Å². The van der Waals surface area contributed by atoms with Gasteiger partial charge >= 0.3 is 5.97 Å². The van der Waals surface area contributed by atoms with Gasteiger partial charge in [0.05, 0.1) is 17.9 Å². The van der Waals surface area contributed by atoms with Gasteiger partial charge in [0, 0.05) is 17.8 Å².